The van der Waals surface area contributed by atoms with Crippen LogP contribution >= 0.6 is 11.8 Å². The Balaban J connectivity index is 3.00. The maximum atomic E-state index is 12.4. The number of aromatic nitrogens is 1. The Morgan fingerprint density at radius 3 is 2.69 bits per heavy atom. The lowest BCUT2D eigenvalue weighted by Gasteiger charge is -2.12. The van der Waals surface area contributed by atoms with Crippen LogP contribution in [0.2, 0.25) is 0 Å². The Morgan fingerprint density at radius 1 is 1.56 bits per heavy atom. The topological polar surface area (TPSA) is 59.1 Å². The van der Waals surface area contributed by atoms with Crippen molar-refractivity contribution in [3.63, 3.8) is 0 Å². The number of nitrogen functional groups attached to an aromatic ring is 1. The molecule has 16 heavy (non-hydrogen) atoms. The number of anilines is 1. The van der Waals surface area contributed by atoms with Crippen LogP contribution in [0.15, 0.2) is 17.2 Å². The Kier molecular flexibility index (Phi) is 4.03. The molecule has 1 aromatic rings. The zero-order valence-corrected chi connectivity index (χ0v) is 9.27. The molecule has 1 rings (SSSR count). The summed E-state index contributed by atoms with van der Waals surface area (Å²) in [6.45, 7) is 1.56. The Labute approximate surface area is 94.9 Å². The van der Waals surface area contributed by atoms with Crippen LogP contribution in [0.4, 0.5) is 18.9 Å². The maximum absolute atomic E-state index is 12.4. The predicted molar refractivity (Wildman–Crippen MR) is 56.1 cm³/mol. The highest BCUT2D eigenvalue weighted by molar-refractivity contribution is 8.00. The Hall–Kier alpha value is -0.950. The second-order valence-corrected chi connectivity index (χ2v) is 4.70. The molecule has 0 saturated heterocycles. The summed E-state index contributed by atoms with van der Waals surface area (Å²) in [5.41, 5.74) is 4.70. The highest BCUT2D eigenvalue weighted by Gasteiger charge is 2.33. The average molecular weight is 252 g/mol. The van der Waals surface area contributed by atoms with E-state index in [4.69, 9.17) is 10.8 Å². The summed E-state index contributed by atoms with van der Waals surface area (Å²) in [7, 11) is 0. The quantitative estimate of drug-likeness (QED) is 0.809. The number of hydrogen-bond acceptors (Lipinski definition) is 4. The summed E-state index contributed by atoms with van der Waals surface area (Å²) in [5, 5.41) is 8.60. The minimum atomic E-state index is -4.48. The lowest BCUT2D eigenvalue weighted by molar-refractivity contribution is -0.141. The molecule has 0 aliphatic carbocycles. The minimum absolute atomic E-state index is 0.131. The fourth-order valence-electron chi connectivity index (χ4n) is 0.959. The number of halogens is 3. The molecule has 3 nitrogen and oxygen atoms in total. The Morgan fingerprint density at radius 2 is 2.19 bits per heavy atom. The first-order valence-electron chi connectivity index (χ1n) is 4.45. The van der Waals surface area contributed by atoms with Crippen LogP contribution < -0.4 is 5.73 Å². The molecular weight excluding hydrogens is 241 g/mol. The third-order valence-electron chi connectivity index (χ3n) is 1.77. The number of alkyl halides is 3. The molecule has 7 heteroatoms. The van der Waals surface area contributed by atoms with Gasteiger partial charge in [0.05, 0.1) is 18.5 Å². The number of hydrogen-bond donors (Lipinski definition) is 2. The summed E-state index contributed by atoms with van der Waals surface area (Å²) in [6.07, 6.45) is -3.50. The van der Waals surface area contributed by atoms with Crippen molar-refractivity contribution in [2.24, 2.45) is 0 Å². The van der Waals surface area contributed by atoms with E-state index in [1.807, 2.05) is 0 Å². The van der Waals surface area contributed by atoms with Crippen molar-refractivity contribution >= 4 is 17.4 Å². The zero-order valence-electron chi connectivity index (χ0n) is 8.45. The Bertz CT molecular complexity index is 370. The van der Waals surface area contributed by atoms with Crippen molar-refractivity contribution in [2.45, 2.75) is 23.2 Å². The van der Waals surface area contributed by atoms with Crippen molar-refractivity contribution in [3.8, 4) is 0 Å². The van der Waals surface area contributed by atoms with Crippen LogP contribution in [0.5, 0.6) is 0 Å². The molecule has 0 radical (unpaired) electrons. The van der Waals surface area contributed by atoms with Crippen LogP contribution in [-0.4, -0.2) is 21.9 Å². The first-order chi connectivity index (χ1) is 7.34. The van der Waals surface area contributed by atoms with Gasteiger partial charge in [0, 0.05) is 10.1 Å². The van der Waals surface area contributed by atoms with Gasteiger partial charge in [-0.05, 0) is 6.07 Å². The van der Waals surface area contributed by atoms with Gasteiger partial charge in [0.15, 0.2) is 0 Å². The predicted octanol–water partition coefficient (Wildman–Crippen LogP) is 2.16. The lowest BCUT2D eigenvalue weighted by atomic mass is 10.3. The van der Waals surface area contributed by atoms with Gasteiger partial charge in [-0.3, -0.25) is 0 Å². The molecule has 1 unspecified atom stereocenters. The van der Waals surface area contributed by atoms with Crippen LogP contribution in [-0.2, 0) is 6.18 Å². The molecular formula is C9H11F3N2OS. The summed E-state index contributed by atoms with van der Waals surface area (Å²) in [5.74, 6) is 0. The highest BCUT2D eigenvalue weighted by Crippen LogP contribution is 2.34. The fraction of sp³-hybridized carbons (Fsp3) is 0.444. The average Bonchev–Trinajstić information content (AvgIpc) is 2.19. The van der Waals surface area contributed by atoms with E-state index < -0.39 is 11.9 Å². The molecule has 0 spiro atoms. The smallest absolute Gasteiger partial charge is 0.397 e. The largest absolute Gasteiger partial charge is 0.433 e. The van der Waals surface area contributed by atoms with E-state index >= 15 is 0 Å². The lowest BCUT2D eigenvalue weighted by Crippen LogP contribution is -2.10. The molecule has 90 valence electrons. The summed E-state index contributed by atoms with van der Waals surface area (Å²) in [4.78, 5) is 3.50. The van der Waals surface area contributed by atoms with Crippen molar-refractivity contribution in [3.05, 3.63) is 18.0 Å². The second-order valence-electron chi connectivity index (χ2n) is 3.22. The van der Waals surface area contributed by atoms with Crippen LogP contribution in [0.3, 0.4) is 0 Å². The SMILES string of the molecule is CC(CO)Sc1cc(C(F)(F)F)ncc1N. The number of thioether (sulfide) groups is 1. The number of aliphatic hydroxyl groups excluding tert-OH is 1. The van der Waals surface area contributed by atoms with Gasteiger partial charge in [0.25, 0.3) is 0 Å². The van der Waals surface area contributed by atoms with Gasteiger partial charge < -0.3 is 10.8 Å². The minimum Gasteiger partial charge on any atom is -0.397 e. The molecule has 3 N–H and O–H groups in total. The third-order valence-corrected chi connectivity index (χ3v) is 2.93. The van der Waals surface area contributed by atoms with Gasteiger partial charge in [-0.15, -0.1) is 11.8 Å². The van der Waals surface area contributed by atoms with E-state index in [0.717, 1.165) is 24.0 Å². The molecule has 0 bridgehead atoms. The molecule has 0 aromatic carbocycles. The summed E-state index contributed by atoms with van der Waals surface area (Å²) in [6, 6.07) is 0.895. The molecule has 0 amide bonds. The molecule has 0 aliphatic heterocycles. The number of nitrogens with zero attached hydrogens (tertiary/aromatic N) is 1. The van der Waals surface area contributed by atoms with Crippen LogP contribution in [0.25, 0.3) is 0 Å². The van der Waals surface area contributed by atoms with Gasteiger partial charge in [-0.1, -0.05) is 6.92 Å². The van der Waals surface area contributed by atoms with E-state index in [2.05, 4.69) is 4.98 Å². The van der Waals surface area contributed by atoms with E-state index in [-0.39, 0.29) is 22.4 Å². The maximum Gasteiger partial charge on any atom is 0.433 e. The van der Waals surface area contributed by atoms with Gasteiger partial charge in [-0.25, -0.2) is 4.98 Å². The second kappa shape index (κ2) is 4.92. The summed E-state index contributed by atoms with van der Waals surface area (Å²) < 4.78 is 37.1. The van der Waals surface area contributed by atoms with E-state index in [9.17, 15) is 13.2 Å². The number of nitrogens with two attached hydrogens (primary N) is 1. The third kappa shape index (κ3) is 3.28. The number of rotatable bonds is 3. The zero-order chi connectivity index (χ0) is 12.3. The number of aliphatic hydroxyl groups is 1. The van der Waals surface area contributed by atoms with Gasteiger partial charge in [-0.2, -0.15) is 13.2 Å². The standard InChI is InChI=1S/C9H11F3N2OS/c1-5(4-15)16-7-2-8(9(10,11)12)14-3-6(7)13/h2-3,5,15H,4,13H2,1H3. The first-order valence-corrected chi connectivity index (χ1v) is 5.32. The van der Waals surface area contributed by atoms with Crippen molar-refractivity contribution in [1.29, 1.82) is 0 Å². The summed E-state index contributed by atoms with van der Waals surface area (Å²) >= 11 is 1.09. The first kappa shape index (κ1) is 13.1. The molecule has 0 fully saturated rings. The number of pyridine rings is 1. The normalized spacial score (nSPS) is 13.8. The van der Waals surface area contributed by atoms with Crippen LogP contribution in [0, 0.1) is 0 Å². The van der Waals surface area contributed by atoms with Crippen molar-refractivity contribution < 1.29 is 18.3 Å². The molecule has 0 saturated carbocycles. The highest BCUT2D eigenvalue weighted by atomic mass is 32.2. The monoisotopic (exact) mass is 252 g/mol. The van der Waals surface area contributed by atoms with E-state index in [1.165, 1.54) is 0 Å². The van der Waals surface area contributed by atoms with E-state index in [0.29, 0.717) is 0 Å². The molecule has 1 atom stereocenters. The van der Waals surface area contributed by atoms with Crippen LogP contribution in [0.1, 0.15) is 12.6 Å². The van der Waals surface area contributed by atoms with Gasteiger partial charge in [0.1, 0.15) is 5.69 Å². The fourth-order valence-corrected chi connectivity index (χ4v) is 1.84. The molecule has 1 heterocycles. The van der Waals surface area contributed by atoms with Crippen molar-refractivity contribution in [1.82, 2.24) is 4.98 Å². The molecule has 1 aromatic heterocycles. The molecule has 0 aliphatic rings. The van der Waals surface area contributed by atoms with Crippen molar-refractivity contribution in [2.75, 3.05) is 12.3 Å². The van der Waals surface area contributed by atoms with Gasteiger partial charge >= 0.3 is 6.18 Å². The van der Waals surface area contributed by atoms with Gasteiger partial charge in [0.2, 0.25) is 0 Å². The van der Waals surface area contributed by atoms with E-state index in [1.54, 1.807) is 6.92 Å².